The SMILES string of the molecule is COc1ccccc1[C@H]1CC[C@H]([C@]2(NC(=O)N3C(=O)OC[C@@H]3c3ccc(F)c(F)c3)CCNC2)CC1.Cl. The van der Waals surface area contributed by atoms with Gasteiger partial charge in [0, 0.05) is 6.54 Å². The monoisotopic (exact) mass is 535 g/mol. The fraction of sp³-hybridized carbons (Fsp3) is 0.481. The first-order valence-corrected chi connectivity index (χ1v) is 12.5. The predicted octanol–water partition coefficient (Wildman–Crippen LogP) is 5.30. The minimum absolute atomic E-state index is 0. The van der Waals surface area contributed by atoms with Crippen molar-refractivity contribution in [3.05, 3.63) is 65.2 Å². The van der Waals surface area contributed by atoms with Crippen LogP contribution < -0.4 is 15.4 Å². The fourth-order valence-corrected chi connectivity index (χ4v) is 6.11. The summed E-state index contributed by atoms with van der Waals surface area (Å²) in [6.07, 6.45) is 3.78. The number of benzene rings is 2. The van der Waals surface area contributed by atoms with Gasteiger partial charge in [-0.1, -0.05) is 24.3 Å². The van der Waals surface area contributed by atoms with E-state index in [1.807, 2.05) is 18.2 Å². The van der Waals surface area contributed by atoms with Gasteiger partial charge in [-0.05, 0) is 79.8 Å². The van der Waals surface area contributed by atoms with E-state index in [0.29, 0.717) is 18.0 Å². The lowest BCUT2D eigenvalue weighted by Gasteiger charge is -2.42. The Bertz CT molecular complexity index is 1140. The van der Waals surface area contributed by atoms with Crippen molar-refractivity contribution in [2.45, 2.75) is 49.6 Å². The average Bonchev–Trinajstić information content (AvgIpc) is 3.53. The molecule has 1 saturated carbocycles. The number of nitrogens with one attached hydrogen (secondary N) is 2. The number of hydrogen-bond acceptors (Lipinski definition) is 5. The number of carbonyl (C=O) groups is 2. The molecule has 10 heteroatoms. The van der Waals surface area contributed by atoms with Crippen molar-refractivity contribution < 1.29 is 27.8 Å². The van der Waals surface area contributed by atoms with Gasteiger partial charge in [-0.2, -0.15) is 0 Å². The van der Waals surface area contributed by atoms with Crippen LogP contribution in [0.3, 0.4) is 0 Å². The number of para-hydroxylation sites is 1. The number of cyclic esters (lactones) is 1. The van der Waals surface area contributed by atoms with Gasteiger partial charge < -0.3 is 20.1 Å². The normalized spacial score (nSPS) is 27.4. The predicted molar refractivity (Wildman–Crippen MR) is 136 cm³/mol. The first-order chi connectivity index (χ1) is 17.4. The van der Waals surface area contributed by atoms with Crippen LogP contribution >= 0.6 is 12.4 Å². The quantitative estimate of drug-likeness (QED) is 0.543. The lowest BCUT2D eigenvalue weighted by atomic mass is 9.69. The smallest absolute Gasteiger partial charge is 0.418 e. The lowest BCUT2D eigenvalue weighted by Crippen LogP contribution is -2.59. The van der Waals surface area contributed by atoms with Crippen LogP contribution in [0.2, 0.25) is 0 Å². The first kappa shape index (κ1) is 27.1. The zero-order valence-electron chi connectivity index (χ0n) is 20.7. The standard InChI is InChI=1S/C27H31F2N3O4.ClH/c1-35-24-5-3-2-4-20(24)17-6-9-19(10-7-17)27(12-13-30-16-27)31-25(33)32-23(15-36-26(32)34)18-8-11-21(28)22(29)14-18;/h2-5,8,11,14,17,19,23,30H,6-7,9-10,12-13,15-16H2,1H3,(H,31,33);1H/t17-,19-,23-,27+;/m1./s1. The molecule has 1 aliphatic carbocycles. The second-order valence-corrected chi connectivity index (χ2v) is 9.94. The molecule has 0 aromatic heterocycles. The van der Waals surface area contributed by atoms with Crippen LogP contribution in [0.5, 0.6) is 5.75 Å². The number of methoxy groups -OCH3 is 1. The summed E-state index contributed by atoms with van der Waals surface area (Å²) in [5, 5.41) is 6.54. The van der Waals surface area contributed by atoms with Gasteiger partial charge in [-0.25, -0.2) is 23.3 Å². The number of halogens is 3. The van der Waals surface area contributed by atoms with Crippen molar-refractivity contribution in [2.75, 3.05) is 26.8 Å². The number of ether oxygens (including phenoxy) is 2. The van der Waals surface area contributed by atoms with Crippen molar-refractivity contribution in [3.8, 4) is 5.75 Å². The van der Waals surface area contributed by atoms with Gasteiger partial charge in [0.25, 0.3) is 0 Å². The van der Waals surface area contributed by atoms with Gasteiger partial charge in [0.05, 0.1) is 12.6 Å². The molecule has 0 unspecified atom stereocenters. The molecule has 7 nitrogen and oxygen atoms in total. The third kappa shape index (κ3) is 5.25. The molecule has 2 atom stereocenters. The highest BCUT2D eigenvalue weighted by atomic mass is 35.5. The molecule has 3 aliphatic rings. The summed E-state index contributed by atoms with van der Waals surface area (Å²) in [4.78, 5) is 27.0. The van der Waals surface area contributed by atoms with Crippen LogP contribution in [-0.2, 0) is 4.74 Å². The molecule has 3 amide bonds. The van der Waals surface area contributed by atoms with Crippen LogP contribution in [0, 0.1) is 17.6 Å². The Balaban J connectivity index is 0.00000320. The number of carbonyl (C=O) groups excluding carboxylic acids is 2. The van der Waals surface area contributed by atoms with E-state index in [4.69, 9.17) is 9.47 Å². The average molecular weight is 536 g/mol. The minimum atomic E-state index is -1.03. The van der Waals surface area contributed by atoms with Crippen LogP contribution in [0.25, 0.3) is 0 Å². The van der Waals surface area contributed by atoms with Gasteiger partial charge in [-0.3, -0.25) is 0 Å². The highest BCUT2D eigenvalue weighted by Crippen LogP contribution is 2.44. The maximum Gasteiger partial charge on any atom is 0.418 e. The summed E-state index contributed by atoms with van der Waals surface area (Å²) >= 11 is 0. The molecule has 5 rings (SSSR count). The van der Waals surface area contributed by atoms with Crippen molar-refractivity contribution in [1.29, 1.82) is 0 Å². The summed E-state index contributed by atoms with van der Waals surface area (Å²) in [5.41, 5.74) is 1.03. The third-order valence-electron chi connectivity index (χ3n) is 8.05. The van der Waals surface area contributed by atoms with E-state index in [1.54, 1.807) is 7.11 Å². The number of hydrogen-bond donors (Lipinski definition) is 2. The van der Waals surface area contributed by atoms with Crippen LogP contribution in [0.4, 0.5) is 18.4 Å². The highest BCUT2D eigenvalue weighted by Gasteiger charge is 2.47. The van der Waals surface area contributed by atoms with E-state index in [2.05, 4.69) is 16.7 Å². The molecule has 3 fully saturated rings. The fourth-order valence-electron chi connectivity index (χ4n) is 6.11. The Morgan fingerprint density at radius 1 is 1.14 bits per heavy atom. The number of urea groups is 1. The molecule has 0 bridgehead atoms. The Hall–Kier alpha value is -2.91. The molecule has 2 saturated heterocycles. The van der Waals surface area contributed by atoms with E-state index < -0.39 is 35.3 Å². The first-order valence-electron chi connectivity index (χ1n) is 12.5. The summed E-state index contributed by atoms with van der Waals surface area (Å²) in [5.74, 6) is -0.480. The molecule has 2 N–H and O–H groups in total. The second-order valence-electron chi connectivity index (χ2n) is 9.94. The minimum Gasteiger partial charge on any atom is -0.496 e. The van der Waals surface area contributed by atoms with Gasteiger partial charge in [-0.15, -0.1) is 12.4 Å². The molecule has 2 heterocycles. The third-order valence-corrected chi connectivity index (χ3v) is 8.05. The Morgan fingerprint density at radius 2 is 1.89 bits per heavy atom. The van der Waals surface area contributed by atoms with Gasteiger partial charge >= 0.3 is 12.1 Å². The van der Waals surface area contributed by atoms with Crippen molar-refractivity contribution in [2.24, 2.45) is 5.92 Å². The molecular weight excluding hydrogens is 504 g/mol. The second kappa shape index (κ2) is 11.2. The van der Waals surface area contributed by atoms with Crippen molar-refractivity contribution >= 4 is 24.5 Å². The maximum atomic E-state index is 13.9. The zero-order chi connectivity index (χ0) is 25.3. The molecular formula is C27H32ClF2N3O4. The topological polar surface area (TPSA) is 79.9 Å². The molecule has 37 heavy (non-hydrogen) atoms. The van der Waals surface area contributed by atoms with Crippen LogP contribution in [0.15, 0.2) is 42.5 Å². The Labute approximate surface area is 221 Å². The summed E-state index contributed by atoms with van der Waals surface area (Å²) in [6.45, 7) is 1.28. The van der Waals surface area contributed by atoms with Crippen molar-refractivity contribution in [3.63, 3.8) is 0 Å². The van der Waals surface area contributed by atoms with E-state index in [1.165, 1.54) is 11.6 Å². The number of imide groups is 1. The van der Waals surface area contributed by atoms with Gasteiger partial charge in [0.1, 0.15) is 18.4 Å². The number of rotatable bonds is 5. The van der Waals surface area contributed by atoms with Crippen LogP contribution in [-0.4, -0.2) is 49.4 Å². The summed E-state index contributed by atoms with van der Waals surface area (Å²) in [7, 11) is 1.69. The lowest BCUT2D eigenvalue weighted by molar-refractivity contribution is 0.138. The molecule has 2 aromatic rings. The maximum absolute atomic E-state index is 13.9. The van der Waals surface area contributed by atoms with E-state index in [9.17, 15) is 18.4 Å². The zero-order valence-corrected chi connectivity index (χ0v) is 21.5. The summed E-state index contributed by atoms with van der Waals surface area (Å²) < 4.78 is 38.0. The van der Waals surface area contributed by atoms with Gasteiger partial charge in [0.15, 0.2) is 11.6 Å². The molecule has 200 valence electrons. The van der Waals surface area contributed by atoms with Crippen molar-refractivity contribution in [1.82, 2.24) is 15.5 Å². The Morgan fingerprint density at radius 3 is 2.57 bits per heavy atom. The largest absolute Gasteiger partial charge is 0.496 e. The molecule has 2 aliphatic heterocycles. The highest BCUT2D eigenvalue weighted by molar-refractivity contribution is 5.93. The Kier molecular flexibility index (Phi) is 8.23. The molecule has 2 aromatic carbocycles. The summed E-state index contributed by atoms with van der Waals surface area (Å²) in [6, 6.07) is 10.1. The van der Waals surface area contributed by atoms with E-state index in [-0.39, 0.29) is 24.9 Å². The molecule has 0 radical (unpaired) electrons. The molecule has 0 spiro atoms. The van der Waals surface area contributed by atoms with Gasteiger partial charge in [0.2, 0.25) is 0 Å². The van der Waals surface area contributed by atoms with Crippen LogP contribution in [0.1, 0.15) is 55.2 Å². The number of amides is 3. The number of nitrogens with zero attached hydrogens (tertiary/aromatic N) is 1. The van der Waals surface area contributed by atoms with E-state index >= 15 is 0 Å². The van der Waals surface area contributed by atoms with E-state index in [0.717, 1.165) is 61.4 Å².